The molecule has 2 rings (SSSR count). The van der Waals surface area contributed by atoms with Crippen LogP contribution in [0.1, 0.15) is 12.8 Å². The number of rotatable bonds is 9. The van der Waals surface area contributed by atoms with E-state index in [1.54, 1.807) is 36.3 Å². The summed E-state index contributed by atoms with van der Waals surface area (Å²) in [6, 6.07) is 5.32. The molecule has 0 saturated heterocycles. The molecule has 7 nitrogen and oxygen atoms in total. The number of anilines is 1. The average molecular weight is 338 g/mol. The quantitative estimate of drug-likeness (QED) is 0.683. The summed E-state index contributed by atoms with van der Waals surface area (Å²) in [6.07, 6.45) is 4.34. The molecular formula is C15H20ClN5O2. The molecule has 0 aliphatic heterocycles. The number of halogens is 1. The molecule has 8 heteroatoms. The smallest absolute Gasteiger partial charge is 0.221 e. The molecular weight excluding hydrogens is 318 g/mol. The van der Waals surface area contributed by atoms with Crippen LogP contribution in [0.15, 0.2) is 30.9 Å². The van der Waals surface area contributed by atoms with Crippen LogP contribution in [-0.2, 0) is 11.3 Å². The summed E-state index contributed by atoms with van der Waals surface area (Å²) in [6.45, 7) is 1.85. The molecule has 0 spiro atoms. The van der Waals surface area contributed by atoms with Crippen molar-refractivity contribution in [3.05, 3.63) is 35.9 Å². The molecule has 124 valence electrons. The van der Waals surface area contributed by atoms with Crippen molar-refractivity contribution in [1.82, 2.24) is 20.1 Å². The molecule has 0 aliphatic rings. The molecule has 0 atom stereocenters. The van der Waals surface area contributed by atoms with Crippen LogP contribution in [0.2, 0.25) is 5.02 Å². The first kappa shape index (κ1) is 17.1. The van der Waals surface area contributed by atoms with Gasteiger partial charge in [-0.1, -0.05) is 11.6 Å². The molecule has 1 aromatic heterocycles. The molecule has 0 fully saturated rings. The summed E-state index contributed by atoms with van der Waals surface area (Å²) in [5, 5.41) is 10.6. The Morgan fingerprint density at radius 2 is 2.26 bits per heavy atom. The van der Waals surface area contributed by atoms with Crippen molar-refractivity contribution in [3.63, 3.8) is 0 Å². The molecule has 23 heavy (non-hydrogen) atoms. The van der Waals surface area contributed by atoms with E-state index in [-0.39, 0.29) is 5.91 Å². The number of carbonyl (C=O) groups excluding carboxylic acids is 1. The number of hydrogen-bond donors (Lipinski definition) is 2. The second-order valence-electron chi connectivity index (χ2n) is 4.88. The highest BCUT2D eigenvalue weighted by Gasteiger charge is 2.05. The van der Waals surface area contributed by atoms with Gasteiger partial charge in [0.1, 0.15) is 18.4 Å². The second-order valence-corrected chi connectivity index (χ2v) is 5.32. The Balaban J connectivity index is 1.64. The average Bonchev–Trinajstić information content (AvgIpc) is 3.05. The number of methoxy groups -OCH3 is 1. The number of nitrogens with one attached hydrogen (secondary N) is 2. The Hall–Kier alpha value is -2.28. The Bertz CT molecular complexity index is 618. The van der Waals surface area contributed by atoms with E-state index in [1.165, 1.54) is 6.33 Å². The predicted molar refractivity (Wildman–Crippen MR) is 88.8 cm³/mol. The lowest BCUT2D eigenvalue weighted by Crippen LogP contribution is -2.27. The van der Waals surface area contributed by atoms with Gasteiger partial charge in [0.25, 0.3) is 0 Å². The third-order valence-corrected chi connectivity index (χ3v) is 3.42. The van der Waals surface area contributed by atoms with Crippen LogP contribution in [0.3, 0.4) is 0 Å². The van der Waals surface area contributed by atoms with Gasteiger partial charge >= 0.3 is 0 Å². The predicted octanol–water partition coefficient (Wildman–Crippen LogP) is 1.95. The van der Waals surface area contributed by atoms with Crippen LogP contribution < -0.4 is 15.4 Å². The van der Waals surface area contributed by atoms with E-state index in [2.05, 4.69) is 20.7 Å². The van der Waals surface area contributed by atoms with E-state index in [1.807, 2.05) is 0 Å². The van der Waals surface area contributed by atoms with E-state index in [9.17, 15) is 4.79 Å². The highest BCUT2D eigenvalue weighted by molar-refractivity contribution is 6.30. The normalized spacial score (nSPS) is 10.3. The summed E-state index contributed by atoms with van der Waals surface area (Å²) >= 11 is 5.96. The van der Waals surface area contributed by atoms with Crippen molar-refractivity contribution in [2.75, 3.05) is 25.5 Å². The maximum atomic E-state index is 11.8. The van der Waals surface area contributed by atoms with Crippen LogP contribution in [0.25, 0.3) is 0 Å². The van der Waals surface area contributed by atoms with Crippen molar-refractivity contribution in [3.8, 4) is 5.75 Å². The fourth-order valence-electron chi connectivity index (χ4n) is 2.03. The van der Waals surface area contributed by atoms with Gasteiger partial charge in [0, 0.05) is 31.1 Å². The minimum Gasteiger partial charge on any atom is -0.495 e. The van der Waals surface area contributed by atoms with E-state index < -0.39 is 0 Å². The topological polar surface area (TPSA) is 81.1 Å². The summed E-state index contributed by atoms with van der Waals surface area (Å²) in [5.41, 5.74) is 0.777. The molecule has 2 aromatic rings. The second kappa shape index (κ2) is 8.99. The van der Waals surface area contributed by atoms with Gasteiger partial charge in [-0.05, 0) is 24.6 Å². The zero-order chi connectivity index (χ0) is 16.5. The van der Waals surface area contributed by atoms with Crippen LogP contribution in [0, 0.1) is 0 Å². The van der Waals surface area contributed by atoms with Gasteiger partial charge in [0.05, 0.1) is 12.8 Å². The molecule has 2 N–H and O–H groups in total. The maximum absolute atomic E-state index is 11.8. The van der Waals surface area contributed by atoms with Crippen LogP contribution >= 0.6 is 11.6 Å². The summed E-state index contributed by atoms with van der Waals surface area (Å²) in [5.74, 6) is 0.694. The summed E-state index contributed by atoms with van der Waals surface area (Å²) < 4.78 is 6.97. The molecule has 1 heterocycles. The third kappa shape index (κ3) is 5.78. The monoisotopic (exact) mass is 337 g/mol. The number of ether oxygens (including phenoxy) is 1. The van der Waals surface area contributed by atoms with E-state index in [4.69, 9.17) is 16.3 Å². The van der Waals surface area contributed by atoms with E-state index >= 15 is 0 Å². The highest BCUT2D eigenvalue weighted by Crippen LogP contribution is 2.27. The van der Waals surface area contributed by atoms with Gasteiger partial charge < -0.3 is 15.4 Å². The zero-order valence-electron chi connectivity index (χ0n) is 13.0. The molecule has 0 unspecified atom stereocenters. The number of hydrogen-bond acceptors (Lipinski definition) is 5. The maximum Gasteiger partial charge on any atom is 0.221 e. The molecule has 0 aliphatic carbocycles. The Morgan fingerprint density at radius 1 is 1.39 bits per heavy atom. The van der Waals surface area contributed by atoms with Crippen molar-refractivity contribution in [1.29, 1.82) is 0 Å². The Morgan fingerprint density at radius 3 is 3.00 bits per heavy atom. The Labute approximate surface area is 140 Å². The van der Waals surface area contributed by atoms with Gasteiger partial charge in [-0.25, -0.2) is 4.98 Å². The molecule has 0 radical (unpaired) electrons. The molecule has 1 aromatic carbocycles. The lowest BCUT2D eigenvalue weighted by Gasteiger charge is -2.11. The first-order valence-electron chi connectivity index (χ1n) is 7.35. The SMILES string of the molecule is COc1ccc(Cl)cc1NCCC(=O)NCCCn1cncn1. The third-order valence-electron chi connectivity index (χ3n) is 3.18. The van der Waals surface area contributed by atoms with Gasteiger partial charge in [-0.2, -0.15) is 5.10 Å². The lowest BCUT2D eigenvalue weighted by molar-refractivity contribution is -0.120. The minimum absolute atomic E-state index is 0.00270. The van der Waals surface area contributed by atoms with Gasteiger partial charge in [-0.3, -0.25) is 9.48 Å². The Kier molecular flexibility index (Phi) is 6.68. The summed E-state index contributed by atoms with van der Waals surface area (Å²) in [4.78, 5) is 15.6. The van der Waals surface area contributed by atoms with Gasteiger partial charge in [-0.15, -0.1) is 0 Å². The minimum atomic E-state index is -0.00270. The highest BCUT2D eigenvalue weighted by atomic mass is 35.5. The first-order chi connectivity index (χ1) is 11.2. The zero-order valence-corrected chi connectivity index (χ0v) is 13.7. The van der Waals surface area contributed by atoms with Crippen LogP contribution in [0.5, 0.6) is 5.75 Å². The number of aromatic nitrogens is 3. The lowest BCUT2D eigenvalue weighted by atomic mass is 10.2. The van der Waals surface area contributed by atoms with Crippen LogP contribution in [0.4, 0.5) is 5.69 Å². The molecule has 1 amide bonds. The van der Waals surface area contributed by atoms with Crippen molar-refractivity contribution >= 4 is 23.2 Å². The number of carbonyl (C=O) groups is 1. The van der Waals surface area contributed by atoms with Crippen LogP contribution in [-0.4, -0.2) is 40.9 Å². The van der Waals surface area contributed by atoms with Crippen molar-refractivity contribution in [2.24, 2.45) is 0 Å². The fourth-order valence-corrected chi connectivity index (χ4v) is 2.21. The molecule has 0 saturated carbocycles. The van der Waals surface area contributed by atoms with E-state index in [0.717, 1.165) is 18.7 Å². The largest absolute Gasteiger partial charge is 0.495 e. The summed E-state index contributed by atoms with van der Waals surface area (Å²) in [7, 11) is 1.59. The fraction of sp³-hybridized carbons (Fsp3) is 0.400. The van der Waals surface area contributed by atoms with E-state index in [0.29, 0.717) is 30.3 Å². The van der Waals surface area contributed by atoms with Crippen molar-refractivity contribution in [2.45, 2.75) is 19.4 Å². The first-order valence-corrected chi connectivity index (χ1v) is 7.73. The van der Waals surface area contributed by atoms with Crippen molar-refractivity contribution < 1.29 is 9.53 Å². The molecule has 0 bridgehead atoms. The number of benzene rings is 1. The number of aryl methyl sites for hydroxylation is 1. The van der Waals surface area contributed by atoms with Gasteiger partial charge in [0.2, 0.25) is 5.91 Å². The standard InChI is InChI=1S/C15H20ClN5O2/c1-23-14-4-3-12(16)9-13(14)18-7-5-15(22)19-6-2-8-21-11-17-10-20-21/h3-4,9-11,18H,2,5-8H2,1H3,(H,19,22). The number of nitrogens with zero attached hydrogens (tertiary/aromatic N) is 3. The number of amides is 1. The van der Waals surface area contributed by atoms with Gasteiger partial charge in [0.15, 0.2) is 0 Å².